The highest BCUT2D eigenvalue weighted by molar-refractivity contribution is 7.89. The molecule has 3 aromatic rings. The molecule has 0 unspecified atom stereocenters. The maximum absolute atomic E-state index is 12.8. The summed E-state index contributed by atoms with van der Waals surface area (Å²) in [7, 11) is -1.76. The van der Waals surface area contributed by atoms with Crippen molar-refractivity contribution in [3.05, 3.63) is 58.1 Å². The number of rotatable bonds is 2. The Bertz CT molecular complexity index is 1080. The summed E-state index contributed by atoms with van der Waals surface area (Å²) in [5.41, 5.74) is 2.12. The first-order chi connectivity index (χ1) is 11.5. The Morgan fingerprint density at radius 3 is 2.71 bits per heavy atom. The Balaban J connectivity index is 1.81. The molecule has 24 heavy (non-hydrogen) atoms. The van der Waals surface area contributed by atoms with Gasteiger partial charge < -0.3 is 4.57 Å². The van der Waals surface area contributed by atoms with Crippen molar-refractivity contribution in [1.29, 1.82) is 0 Å². The van der Waals surface area contributed by atoms with E-state index in [1.165, 1.54) is 4.31 Å². The Hall–Kier alpha value is -2.45. The average molecular weight is 344 g/mol. The van der Waals surface area contributed by atoms with E-state index in [1.807, 2.05) is 0 Å². The molecule has 7 nitrogen and oxygen atoms in total. The van der Waals surface area contributed by atoms with Gasteiger partial charge in [0.1, 0.15) is 5.52 Å². The molecule has 0 radical (unpaired) electrons. The number of sulfonamides is 1. The summed E-state index contributed by atoms with van der Waals surface area (Å²) in [4.78, 5) is 12.3. The normalized spacial score (nSPS) is 15.5. The maximum atomic E-state index is 12.8. The molecule has 4 rings (SSSR count). The smallest absolute Gasteiger partial charge is 0.288 e. The minimum Gasteiger partial charge on any atom is -0.342 e. The summed E-state index contributed by atoms with van der Waals surface area (Å²) in [6, 6.07) is 8.41. The lowest BCUT2D eigenvalue weighted by molar-refractivity contribution is 0.382. The van der Waals surface area contributed by atoms with E-state index < -0.39 is 10.0 Å². The second-order valence-corrected chi connectivity index (χ2v) is 7.79. The third-order valence-electron chi connectivity index (χ3n) is 4.56. The first-order valence-electron chi connectivity index (χ1n) is 7.59. The van der Waals surface area contributed by atoms with Crippen molar-refractivity contribution in [1.82, 2.24) is 19.1 Å². The largest absolute Gasteiger partial charge is 0.342 e. The second-order valence-electron chi connectivity index (χ2n) is 5.85. The van der Waals surface area contributed by atoms with Crippen LogP contribution in [0.25, 0.3) is 10.9 Å². The molecule has 0 saturated carbocycles. The highest BCUT2D eigenvalue weighted by Crippen LogP contribution is 2.30. The van der Waals surface area contributed by atoms with Crippen LogP contribution in [0, 0.1) is 0 Å². The van der Waals surface area contributed by atoms with E-state index in [4.69, 9.17) is 0 Å². The number of aromatic amines is 1. The van der Waals surface area contributed by atoms with Gasteiger partial charge in [0, 0.05) is 24.7 Å². The van der Waals surface area contributed by atoms with E-state index in [9.17, 15) is 13.2 Å². The van der Waals surface area contributed by atoms with Crippen LogP contribution in [-0.4, -0.2) is 34.0 Å². The van der Waals surface area contributed by atoms with Gasteiger partial charge in [0.15, 0.2) is 0 Å². The summed E-state index contributed by atoms with van der Waals surface area (Å²) < 4.78 is 28.9. The summed E-state index contributed by atoms with van der Waals surface area (Å²) in [5.74, 6) is 0. The highest BCUT2D eigenvalue weighted by atomic mass is 32.2. The van der Waals surface area contributed by atoms with Gasteiger partial charge in [-0.05, 0) is 24.1 Å². The first-order valence-corrected chi connectivity index (χ1v) is 9.03. The third kappa shape index (κ3) is 2.10. The van der Waals surface area contributed by atoms with Gasteiger partial charge >= 0.3 is 0 Å². The molecule has 0 fully saturated rings. The molecule has 0 saturated heterocycles. The Morgan fingerprint density at radius 1 is 1.21 bits per heavy atom. The molecule has 124 valence electrons. The van der Waals surface area contributed by atoms with E-state index >= 15 is 0 Å². The first kappa shape index (κ1) is 15.1. The van der Waals surface area contributed by atoms with Crippen LogP contribution in [0.15, 0.2) is 46.2 Å². The van der Waals surface area contributed by atoms with E-state index in [1.54, 1.807) is 48.1 Å². The second kappa shape index (κ2) is 5.29. The zero-order chi connectivity index (χ0) is 16.9. The van der Waals surface area contributed by atoms with Gasteiger partial charge in [-0.25, -0.2) is 13.5 Å². The molecule has 1 aliphatic heterocycles. The van der Waals surface area contributed by atoms with Crippen LogP contribution in [0.1, 0.15) is 11.3 Å². The number of benzene rings is 1. The fourth-order valence-electron chi connectivity index (χ4n) is 3.35. The number of aromatic nitrogens is 3. The summed E-state index contributed by atoms with van der Waals surface area (Å²) in [5, 5.41) is 7.10. The Kier molecular flexibility index (Phi) is 3.33. The van der Waals surface area contributed by atoms with Crippen LogP contribution < -0.4 is 5.56 Å². The van der Waals surface area contributed by atoms with Crippen molar-refractivity contribution < 1.29 is 8.42 Å². The number of aryl methyl sites for hydroxylation is 1. The lowest BCUT2D eigenvalue weighted by Gasteiger charge is -2.27. The summed E-state index contributed by atoms with van der Waals surface area (Å²) in [6.45, 7) is 0.632. The van der Waals surface area contributed by atoms with Gasteiger partial charge in [0.05, 0.1) is 17.6 Å². The van der Waals surface area contributed by atoms with Gasteiger partial charge in [-0.1, -0.05) is 18.2 Å². The lowest BCUT2D eigenvalue weighted by atomic mass is 10.1. The molecular formula is C16H16N4O3S. The van der Waals surface area contributed by atoms with E-state index in [0.29, 0.717) is 18.5 Å². The number of hydrogen-bond donors (Lipinski definition) is 1. The predicted octanol–water partition coefficient (Wildman–Crippen LogP) is 1.01. The predicted molar refractivity (Wildman–Crippen MR) is 89.1 cm³/mol. The molecule has 1 aliphatic rings. The molecule has 8 heteroatoms. The van der Waals surface area contributed by atoms with Gasteiger partial charge in [-0.15, -0.1) is 0 Å². The fraction of sp³-hybridized carbons (Fsp3) is 0.250. The number of nitrogens with zero attached hydrogens (tertiary/aromatic N) is 3. The van der Waals surface area contributed by atoms with Gasteiger partial charge in [0.2, 0.25) is 10.0 Å². The van der Waals surface area contributed by atoms with Crippen molar-refractivity contribution in [3.8, 4) is 0 Å². The number of nitrogens with one attached hydrogen (secondary N) is 1. The highest BCUT2D eigenvalue weighted by Gasteiger charge is 2.31. The minimum absolute atomic E-state index is 0.247. The van der Waals surface area contributed by atoms with Crippen molar-refractivity contribution in [2.45, 2.75) is 17.9 Å². The maximum Gasteiger partial charge on any atom is 0.288 e. The zero-order valence-electron chi connectivity index (χ0n) is 13.1. The molecule has 0 spiro atoms. The van der Waals surface area contributed by atoms with E-state index in [2.05, 4.69) is 10.2 Å². The SMILES string of the molecule is Cn1c2c(c3cn[nH]c(=O)c31)CCN(S(=O)(=O)c1ccccc1)C2. The van der Waals surface area contributed by atoms with Gasteiger partial charge in [-0.2, -0.15) is 9.40 Å². The molecule has 0 atom stereocenters. The molecule has 3 heterocycles. The molecule has 1 aromatic carbocycles. The van der Waals surface area contributed by atoms with Gasteiger partial charge in [-0.3, -0.25) is 4.79 Å². The minimum atomic E-state index is -3.55. The van der Waals surface area contributed by atoms with Crippen LogP contribution in [0.2, 0.25) is 0 Å². The van der Waals surface area contributed by atoms with Crippen molar-refractivity contribution >= 4 is 20.9 Å². The average Bonchev–Trinajstić information content (AvgIpc) is 2.89. The number of hydrogen-bond acceptors (Lipinski definition) is 4. The molecule has 0 bridgehead atoms. The van der Waals surface area contributed by atoms with Crippen molar-refractivity contribution in [2.75, 3.05) is 6.54 Å². The van der Waals surface area contributed by atoms with Crippen molar-refractivity contribution in [2.24, 2.45) is 7.05 Å². The van der Waals surface area contributed by atoms with E-state index in [-0.39, 0.29) is 17.0 Å². The Labute approximate surface area is 138 Å². The van der Waals surface area contributed by atoms with Crippen LogP contribution in [0.3, 0.4) is 0 Å². The number of fused-ring (bicyclic) bond motifs is 3. The number of H-pyrrole nitrogens is 1. The molecular weight excluding hydrogens is 328 g/mol. The topological polar surface area (TPSA) is 88.1 Å². The fourth-order valence-corrected chi connectivity index (χ4v) is 4.77. The summed E-state index contributed by atoms with van der Waals surface area (Å²) in [6.07, 6.45) is 2.20. The van der Waals surface area contributed by atoms with Crippen LogP contribution in [0.5, 0.6) is 0 Å². The monoisotopic (exact) mass is 344 g/mol. The third-order valence-corrected chi connectivity index (χ3v) is 6.42. The molecule has 2 aromatic heterocycles. The Morgan fingerprint density at radius 2 is 1.96 bits per heavy atom. The summed E-state index contributed by atoms with van der Waals surface area (Å²) >= 11 is 0. The van der Waals surface area contributed by atoms with Crippen molar-refractivity contribution in [3.63, 3.8) is 0 Å². The van der Waals surface area contributed by atoms with Crippen LogP contribution >= 0.6 is 0 Å². The van der Waals surface area contributed by atoms with E-state index in [0.717, 1.165) is 16.6 Å². The molecule has 0 aliphatic carbocycles. The van der Waals surface area contributed by atoms with Crippen LogP contribution in [0.4, 0.5) is 0 Å². The molecule has 1 N–H and O–H groups in total. The van der Waals surface area contributed by atoms with Gasteiger partial charge in [0.25, 0.3) is 5.56 Å². The quantitative estimate of drug-likeness (QED) is 0.751. The van der Waals surface area contributed by atoms with Crippen LogP contribution in [-0.2, 0) is 30.0 Å². The zero-order valence-corrected chi connectivity index (χ0v) is 13.9. The lowest BCUT2D eigenvalue weighted by Crippen LogP contribution is -2.36. The molecule has 0 amide bonds. The standard InChI is InChI=1S/C16H16N4O3S/c1-19-14-10-20(24(22,23)11-5-3-2-4-6-11)8-7-12(14)13-9-17-18-16(21)15(13)19/h2-6,9H,7-8,10H2,1H3,(H,18,21).